The molecule has 0 radical (unpaired) electrons. The van der Waals surface area contributed by atoms with Gasteiger partial charge in [0.1, 0.15) is 16.8 Å². The second kappa shape index (κ2) is 13.5. The van der Waals surface area contributed by atoms with Gasteiger partial charge in [-0.25, -0.2) is 0 Å². The lowest BCUT2D eigenvalue weighted by molar-refractivity contribution is -0.118. The maximum absolute atomic E-state index is 13.3. The zero-order chi connectivity index (χ0) is 26.7. The highest BCUT2D eigenvalue weighted by Crippen LogP contribution is 2.28. The summed E-state index contributed by atoms with van der Waals surface area (Å²) in [7, 11) is 1.61. The van der Waals surface area contributed by atoms with Gasteiger partial charge in [0.15, 0.2) is 0 Å². The van der Waals surface area contributed by atoms with Gasteiger partial charge in [0.05, 0.1) is 7.11 Å². The zero-order valence-corrected chi connectivity index (χ0v) is 22.5. The molecule has 196 valence electrons. The van der Waals surface area contributed by atoms with Gasteiger partial charge in [-0.3, -0.25) is 14.9 Å². The number of methoxy groups -OCH3 is 1. The van der Waals surface area contributed by atoms with Crippen LogP contribution in [0.2, 0.25) is 0 Å². The van der Waals surface area contributed by atoms with Crippen molar-refractivity contribution in [3.05, 3.63) is 95.6 Å². The minimum atomic E-state index is -0.793. The van der Waals surface area contributed by atoms with E-state index in [9.17, 15) is 9.59 Å². The number of ether oxygens (including phenoxy) is 1. The highest BCUT2D eigenvalue weighted by atomic mass is 32.1. The van der Waals surface area contributed by atoms with Crippen LogP contribution >= 0.6 is 11.3 Å². The van der Waals surface area contributed by atoms with Crippen molar-refractivity contribution < 1.29 is 14.3 Å². The Hall–Kier alpha value is -4.04. The summed E-state index contributed by atoms with van der Waals surface area (Å²) >= 11 is 1.26. The predicted octanol–water partition coefficient (Wildman–Crippen LogP) is 5.93. The molecule has 0 saturated carbocycles. The molecule has 0 aliphatic heterocycles. The van der Waals surface area contributed by atoms with Crippen molar-refractivity contribution in [2.75, 3.05) is 12.4 Å². The summed E-state index contributed by atoms with van der Waals surface area (Å²) in [6.45, 7) is 2.18. The summed E-state index contributed by atoms with van der Waals surface area (Å²) in [6, 6.07) is 23.9. The monoisotopic (exact) mass is 528 g/mol. The van der Waals surface area contributed by atoms with Gasteiger partial charge in [-0.2, -0.15) is 0 Å². The van der Waals surface area contributed by atoms with E-state index in [1.807, 2.05) is 78.9 Å². The van der Waals surface area contributed by atoms with Crippen LogP contribution in [0.25, 0.3) is 10.6 Å². The Bertz CT molecular complexity index is 1340. The fraction of sp³-hybridized carbons (Fsp3) is 0.267. The summed E-state index contributed by atoms with van der Waals surface area (Å²) in [5.41, 5.74) is 3.51. The van der Waals surface area contributed by atoms with Crippen molar-refractivity contribution in [1.29, 1.82) is 0 Å². The van der Waals surface area contributed by atoms with Crippen LogP contribution in [0.15, 0.2) is 78.9 Å². The number of aryl methyl sites for hydroxylation is 1. The van der Waals surface area contributed by atoms with E-state index in [4.69, 9.17) is 4.74 Å². The molecule has 0 aliphatic rings. The minimum absolute atomic E-state index is 0.296. The normalized spacial score (nSPS) is 11.5. The Morgan fingerprint density at radius 3 is 2.45 bits per heavy atom. The van der Waals surface area contributed by atoms with Gasteiger partial charge in [0, 0.05) is 17.5 Å². The van der Waals surface area contributed by atoms with Crippen molar-refractivity contribution in [2.45, 2.75) is 45.1 Å². The predicted molar refractivity (Wildman–Crippen MR) is 152 cm³/mol. The summed E-state index contributed by atoms with van der Waals surface area (Å²) < 4.78 is 5.28. The molecule has 7 nitrogen and oxygen atoms in total. The molecular formula is C30H32N4O3S. The molecule has 3 aromatic carbocycles. The number of hydrogen-bond donors (Lipinski definition) is 2. The van der Waals surface area contributed by atoms with Crippen LogP contribution in [0.5, 0.6) is 5.75 Å². The van der Waals surface area contributed by atoms with Crippen molar-refractivity contribution >= 4 is 28.3 Å². The summed E-state index contributed by atoms with van der Waals surface area (Å²) in [6.07, 6.45) is 4.83. The minimum Gasteiger partial charge on any atom is -0.497 e. The Morgan fingerprint density at radius 2 is 1.71 bits per heavy atom. The number of amides is 2. The van der Waals surface area contributed by atoms with E-state index >= 15 is 0 Å². The Balaban J connectivity index is 1.46. The third-order valence-corrected chi connectivity index (χ3v) is 7.05. The quantitative estimate of drug-likeness (QED) is 0.223. The maximum atomic E-state index is 13.3. The average molecular weight is 529 g/mol. The summed E-state index contributed by atoms with van der Waals surface area (Å²) in [4.78, 5) is 26.4. The van der Waals surface area contributed by atoms with Crippen LogP contribution in [0.4, 0.5) is 5.13 Å². The fourth-order valence-corrected chi connectivity index (χ4v) is 4.78. The lowest BCUT2D eigenvalue weighted by Crippen LogP contribution is -2.45. The second-order valence-corrected chi connectivity index (χ2v) is 9.98. The highest BCUT2D eigenvalue weighted by molar-refractivity contribution is 7.18. The van der Waals surface area contributed by atoms with Crippen LogP contribution in [0, 0.1) is 0 Å². The van der Waals surface area contributed by atoms with Crippen molar-refractivity contribution in [1.82, 2.24) is 15.5 Å². The van der Waals surface area contributed by atoms with Gasteiger partial charge in [-0.15, -0.1) is 10.2 Å². The fourth-order valence-electron chi connectivity index (χ4n) is 4.04. The molecule has 1 aromatic heterocycles. The Kier molecular flexibility index (Phi) is 9.59. The van der Waals surface area contributed by atoms with E-state index in [0.717, 1.165) is 24.0 Å². The van der Waals surface area contributed by atoms with Crippen LogP contribution in [-0.2, 0) is 17.6 Å². The van der Waals surface area contributed by atoms with E-state index in [0.29, 0.717) is 27.9 Å². The largest absolute Gasteiger partial charge is 0.497 e. The van der Waals surface area contributed by atoms with Gasteiger partial charge < -0.3 is 10.1 Å². The van der Waals surface area contributed by atoms with Crippen LogP contribution in [0.1, 0.15) is 47.7 Å². The van der Waals surface area contributed by atoms with Crippen molar-refractivity contribution in [2.24, 2.45) is 0 Å². The molecule has 2 amide bonds. The van der Waals surface area contributed by atoms with E-state index in [1.165, 1.54) is 29.7 Å². The third kappa shape index (κ3) is 7.49. The summed E-state index contributed by atoms with van der Waals surface area (Å²) in [5, 5.41) is 15.1. The zero-order valence-electron chi connectivity index (χ0n) is 21.6. The first-order chi connectivity index (χ1) is 18.6. The average Bonchev–Trinajstić information content (AvgIpc) is 3.42. The topological polar surface area (TPSA) is 93.2 Å². The third-order valence-electron chi connectivity index (χ3n) is 6.16. The van der Waals surface area contributed by atoms with Gasteiger partial charge >= 0.3 is 0 Å². The van der Waals surface area contributed by atoms with Gasteiger partial charge in [0.2, 0.25) is 11.0 Å². The molecule has 1 heterocycles. The number of rotatable bonds is 12. The molecule has 38 heavy (non-hydrogen) atoms. The lowest BCUT2D eigenvalue weighted by Gasteiger charge is -2.18. The number of nitrogens with one attached hydrogen (secondary N) is 2. The maximum Gasteiger partial charge on any atom is 0.251 e. The van der Waals surface area contributed by atoms with Crippen molar-refractivity contribution in [3.63, 3.8) is 0 Å². The number of benzene rings is 3. The number of carbonyl (C=O) groups excluding carboxylic acids is 2. The van der Waals surface area contributed by atoms with E-state index in [2.05, 4.69) is 27.8 Å². The molecule has 0 spiro atoms. The number of carbonyl (C=O) groups is 2. The summed E-state index contributed by atoms with van der Waals surface area (Å²) in [5.74, 6) is 0.0603. The van der Waals surface area contributed by atoms with Crippen LogP contribution in [-0.4, -0.2) is 35.2 Å². The van der Waals surface area contributed by atoms with Crippen molar-refractivity contribution in [3.8, 4) is 16.3 Å². The Morgan fingerprint density at radius 1 is 0.921 bits per heavy atom. The van der Waals surface area contributed by atoms with Crippen LogP contribution < -0.4 is 15.4 Å². The SMILES string of the molecule is CCCCCc1ccc(C(=O)NC(Cc2ccccc2)C(=O)Nc2nnc(-c3cccc(OC)c3)s2)cc1. The molecule has 8 heteroatoms. The number of anilines is 1. The van der Waals surface area contributed by atoms with Gasteiger partial charge in [-0.1, -0.05) is 85.7 Å². The van der Waals surface area contributed by atoms with E-state index < -0.39 is 6.04 Å². The van der Waals surface area contributed by atoms with Gasteiger partial charge in [-0.05, 0) is 48.2 Å². The first-order valence-electron chi connectivity index (χ1n) is 12.8. The molecule has 0 aliphatic carbocycles. The first-order valence-corrected chi connectivity index (χ1v) is 13.6. The molecule has 0 fully saturated rings. The number of hydrogen-bond acceptors (Lipinski definition) is 6. The molecule has 4 rings (SSSR count). The molecule has 4 aromatic rings. The molecular weight excluding hydrogens is 496 g/mol. The lowest BCUT2D eigenvalue weighted by atomic mass is 10.0. The first kappa shape index (κ1) is 27.0. The smallest absolute Gasteiger partial charge is 0.251 e. The second-order valence-electron chi connectivity index (χ2n) is 9.00. The van der Waals surface area contributed by atoms with Gasteiger partial charge in [0.25, 0.3) is 5.91 Å². The number of nitrogens with zero attached hydrogens (tertiary/aromatic N) is 2. The molecule has 1 atom stereocenters. The Labute approximate surface area is 227 Å². The number of aromatic nitrogens is 2. The van der Waals surface area contributed by atoms with E-state index in [-0.39, 0.29) is 11.8 Å². The van der Waals surface area contributed by atoms with E-state index in [1.54, 1.807) is 7.11 Å². The molecule has 2 N–H and O–H groups in total. The molecule has 1 unspecified atom stereocenters. The molecule has 0 saturated heterocycles. The highest BCUT2D eigenvalue weighted by Gasteiger charge is 2.23. The number of unbranched alkanes of at least 4 members (excludes halogenated alkanes) is 2. The van der Waals surface area contributed by atoms with Crippen LogP contribution in [0.3, 0.4) is 0 Å². The molecule has 0 bridgehead atoms. The standard InChI is InChI=1S/C30H32N4O3S/c1-3-4-6-10-21-15-17-23(18-16-21)27(35)31-26(19-22-11-7-5-8-12-22)28(36)32-30-34-33-29(38-30)24-13-9-14-25(20-24)37-2/h5,7-9,11-18,20,26H,3-4,6,10,19H2,1-2H3,(H,31,35)(H,32,34,36).